The predicted octanol–water partition coefficient (Wildman–Crippen LogP) is 3.48. The van der Waals surface area contributed by atoms with Crippen molar-refractivity contribution in [3.8, 4) is 0 Å². The number of hydrogen-bond acceptors (Lipinski definition) is 5. The van der Waals surface area contributed by atoms with Crippen LogP contribution in [0.4, 0.5) is 9.52 Å². The molecule has 144 valence electrons. The number of amides is 1. The van der Waals surface area contributed by atoms with E-state index in [-0.39, 0.29) is 11.7 Å². The van der Waals surface area contributed by atoms with Crippen molar-refractivity contribution in [3.63, 3.8) is 0 Å². The number of benzene rings is 1. The van der Waals surface area contributed by atoms with Crippen LogP contribution in [-0.4, -0.2) is 30.5 Å². The number of aromatic nitrogens is 5. The van der Waals surface area contributed by atoms with Crippen molar-refractivity contribution in [3.05, 3.63) is 58.2 Å². The molecule has 0 fully saturated rings. The van der Waals surface area contributed by atoms with Gasteiger partial charge in [-0.25, -0.2) is 4.39 Å². The molecule has 4 rings (SSSR count). The molecule has 3 aromatic heterocycles. The smallest absolute Gasteiger partial charge is 0.274 e. The van der Waals surface area contributed by atoms with Gasteiger partial charge in [0, 0.05) is 36.6 Å². The second-order valence-corrected chi connectivity index (χ2v) is 7.71. The highest BCUT2D eigenvalue weighted by atomic mass is 32.1. The van der Waals surface area contributed by atoms with Gasteiger partial charge in [-0.2, -0.15) is 5.10 Å². The van der Waals surface area contributed by atoms with E-state index in [1.807, 2.05) is 24.6 Å². The van der Waals surface area contributed by atoms with E-state index in [1.165, 1.54) is 23.5 Å². The number of anilines is 1. The zero-order chi connectivity index (χ0) is 19.8. The molecule has 0 saturated carbocycles. The lowest BCUT2D eigenvalue weighted by Crippen LogP contribution is -2.15. The number of rotatable bonds is 5. The van der Waals surface area contributed by atoms with Crippen LogP contribution in [0, 0.1) is 19.7 Å². The van der Waals surface area contributed by atoms with Crippen LogP contribution in [0.2, 0.25) is 0 Å². The number of carbonyl (C=O) groups excluding carboxylic acids is 1. The molecule has 9 heteroatoms. The Morgan fingerprint density at radius 3 is 2.79 bits per heavy atom. The van der Waals surface area contributed by atoms with E-state index in [2.05, 4.69) is 20.6 Å². The van der Waals surface area contributed by atoms with E-state index in [0.29, 0.717) is 29.2 Å². The normalized spacial score (nSPS) is 11.3. The van der Waals surface area contributed by atoms with Crippen LogP contribution in [0.25, 0.3) is 10.9 Å². The van der Waals surface area contributed by atoms with E-state index >= 15 is 0 Å². The highest BCUT2D eigenvalue weighted by Crippen LogP contribution is 2.22. The maximum Gasteiger partial charge on any atom is 0.274 e. The molecular formula is C19H19FN6OS. The van der Waals surface area contributed by atoms with Gasteiger partial charge in [0.1, 0.15) is 16.5 Å². The number of halogens is 1. The van der Waals surface area contributed by atoms with Crippen molar-refractivity contribution in [2.45, 2.75) is 26.8 Å². The highest BCUT2D eigenvalue weighted by molar-refractivity contribution is 7.15. The first-order valence-corrected chi connectivity index (χ1v) is 9.62. The van der Waals surface area contributed by atoms with Crippen molar-refractivity contribution >= 4 is 33.3 Å². The summed E-state index contributed by atoms with van der Waals surface area (Å²) in [5.74, 6) is -0.637. The lowest BCUT2D eigenvalue weighted by molar-refractivity contribution is 0.101. The molecule has 0 saturated heterocycles. The number of fused-ring (bicyclic) bond motifs is 1. The average molecular weight is 398 g/mol. The highest BCUT2D eigenvalue weighted by Gasteiger charge is 2.16. The van der Waals surface area contributed by atoms with Crippen LogP contribution in [0.1, 0.15) is 26.9 Å². The monoisotopic (exact) mass is 398 g/mol. The van der Waals surface area contributed by atoms with Crippen LogP contribution in [0.15, 0.2) is 30.3 Å². The third kappa shape index (κ3) is 3.53. The summed E-state index contributed by atoms with van der Waals surface area (Å²) in [5.41, 5.74) is 3.30. The van der Waals surface area contributed by atoms with Gasteiger partial charge in [0.05, 0.1) is 5.69 Å². The van der Waals surface area contributed by atoms with Crippen LogP contribution >= 0.6 is 11.3 Å². The Kier molecular flexibility index (Phi) is 4.68. The zero-order valence-electron chi connectivity index (χ0n) is 15.7. The quantitative estimate of drug-likeness (QED) is 0.558. The lowest BCUT2D eigenvalue weighted by atomic mass is 10.2. The van der Waals surface area contributed by atoms with Gasteiger partial charge in [0.15, 0.2) is 0 Å². The van der Waals surface area contributed by atoms with Crippen molar-refractivity contribution in [2.75, 3.05) is 5.32 Å². The Morgan fingerprint density at radius 2 is 2.04 bits per heavy atom. The maximum atomic E-state index is 13.4. The summed E-state index contributed by atoms with van der Waals surface area (Å²) in [4.78, 5) is 12.6. The Bertz CT molecular complexity index is 1170. The fourth-order valence-electron chi connectivity index (χ4n) is 3.21. The molecule has 1 aromatic carbocycles. The van der Waals surface area contributed by atoms with E-state index < -0.39 is 0 Å². The van der Waals surface area contributed by atoms with Crippen molar-refractivity contribution in [2.24, 2.45) is 7.05 Å². The van der Waals surface area contributed by atoms with E-state index in [9.17, 15) is 9.18 Å². The van der Waals surface area contributed by atoms with E-state index in [0.717, 1.165) is 21.9 Å². The van der Waals surface area contributed by atoms with Crippen molar-refractivity contribution < 1.29 is 9.18 Å². The van der Waals surface area contributed by atoms with Gasteiger partial charge < -0.3 is 4.57 Å². The van der Waals surface area contributed by atoms with Crippen molar-refractivity contribution in [1.82, 2.24) is 24.5 Å². The Labute approximate surface area is 164 Å². The molecule has 28 heavy (non-hydrogen) atoms. The molecule has 0 unspecified atom stereocenters. The summed E-state index contributed by atoms with van der Waals surface area (Å²) in [6.45, 7) is 4.68. The number of aryl methyl sites for hydroxylation is 5. The summed E-state index contributed by atoms with van der Waals surface area (Å²) in [6.07, 6.45) is 0.683. The number of carbonyl (C=O) groups is 1. The Hall–Kier alpha value is -3.07. The Morgan fingerprint density at radius 1 is 1.21 bits per heavy atom. The number of nitrogens with one attached hydrogen (secondary N) is 1. The lowest BCUT2D eigenvalue weighted by Gasteiger charge is -2.03. The van der Waals surface area contributed by atoms with Gasteiger partial charge in [0.25, 0.3) is 5.91 Å². The third-order valence-corrected chi connectivity index (χ3v) is 5.46. The topological polar surface area (TPSA) is 77.6 Å². The summed E-state index contributed by atoms with van der Waals surface area (Å²) < 4.78 is 17.1. The molecule has 0 bridgehead atoms. The molecular weight excluding hydrogens is 379 g/mol. The fraction of sp³-hybridized carbons (Fsp3) is 0.263. The summed E-state index contributed by atoms with van der Waals surface area (Å²) in [5, 5.41) is 17.3. The van der Waals surface area contributed by atoms with E-state index in [4.69, 9.17) is 0 Å². The molecule has 0 aliphatic carbocycles. The Balaban J connectivity index is 1.45. The largest absolute Gasteiger partial charge is 0.340 e. The standard InChI is InChI=1S/C19H19FN6OS/c1-11-8-12(2)26(24-11)7-6-17-22-23-19(28-17)21-18(27)16-10-13-9-14(20)4-5-15(13)25(16)3/h4-5,8-10H,6-7H2,1-3H3,(H,21,23,27). The molecule has 1 amide bonds. The van der Waals surface area contributed by atoms with Gasteiger partial charge in [-0.05, 0) is 44.2 Å². The van der Waals surface area contributed by atoms with Crippen LogP contribution in [-0.2, 0) is 20.0 Å². The minimum atomic E-state index is -0.332. The molecule has 3 heterocycles. The number of nitrogens with zero attached hydrogens (tertiary/aromatic N) is 5. The molecule has 7 nitrogen and oxygen atoms in total. The molecule has 0 radical (unpaired) electrons. The predicted molar refractivity (Wildman–Crippen MR) is 106 cm³/mol. The summed E-state index contributed by atoms with van der Waals surface area (Å²) in [6, 6.07) is 8.14. The second-order valence-electron chi connectivity index (χ2n) is 6.65. The first kappa shape index (κ1) is 18.3. The molecule has 0 spiro atoms. The maximum absolute atomic E-state index is 13.4. The molecule has 0 aliphatic rings. The SMILES string of the molecule is Cc1cc(C)n(CCc2nnc(NC(=O)c3cc4cc(F)ccc4n3C)s2)n1. The molecule has 1 N–H and O–H groups in total. The van der Waals surface area contributed by atoms with Gasteiger partial charge >= 0.3 is 0 Å². The minimum Gasteiger partial charge on any atom is -0.340 e. The molecule has 0 aliphatic heterocycles. The second kappa shape index (κ2) is 7.16. The van der Waals surface area contributed by atoms with Crippen molar-refractivity contribution in [1.29, 1.82) is 0 Å². The van der Waals surface area contributed by atoms with Crippen LogP contribution < -0.4 is 5.32 Å². The molecule has 4 aromatic rings. The molecule has 0 atom stereocenters. The zero-order valence-corrected chi connectivity index (χ0v) is 16.5. The van der Waals surface area contributed by atoms with Gasteiger partial charge in [-0.3, -0.25) is 14.8 Å². The average Bonchev–Trinajstić information content (AvgIpc) is 3.31. The van der Waals surface area contributed by atoms with Gasteiger partial charge in [-0.15, -0.1) is 10.2 Å². The van der Waals surface area contributed by atoms with Gasteiger partial charge in [0.2, 0.25) is 5.13 Å². The van der Waals surface area contributed by atoms with E-state index in [1.54, 1.807) is 23.7 Å². The summed E-state index contributed by atoms with van der Waals surface area (Å²) >= 11 is 1.34. The summed E-state index contributed by atoms with van der Waals surface area (Å²) in [7, 11) is 1.77. The van der Waals surface area contributed by atoms with Crippen LogP contribution in [0.3, 0.4) is 0 Å². The minimum absolute atomic E-state index is 0.305. The van der Waals surface area contributed by atoms with Crippen LogP contribution in [0.5, 0.6) is 0 Å². The first-order valence-electron chi connectivity index (χ1n) is 8.80. The number of hydrogen-bond donors (Lipinski definition) is 1. The fourth-order valence-corrected chi connectivity index (χ4v) is 3.93. The van der Waals surface area contributed by atoms with Gasteiger partial charge in [-0.1, -0.05) is 11.3 Å². The third-order valence-electron chi connectivity index (χ3n) is 4.57. The first-order chi connectivity index (χ1) is 13.4.